The molecule has 1 heterocycles. The lowest BCUT2D eigenvalue weighted by atomic mass is 10.1. The highest BCUT2D eigenvalue weighted by atomic mass is 16.5. The van der Waals surface area contributed by atoms with E-state index >= 15 is 0 Å². The standard InChI is InChI=1S/C13H15NO3/c1-16-11-7-6-9(8-12(11)17-2)10-4-3-5-13(15)14-10/h4,6-8H,3,5H2,1-2H3,(H,14,15). The fourth-order valence-electron chi connectivity index (χ4n) is 1.81. The van der Waals surface area contributed by atoms with Gasteiger partial charge in [0.15, 0.2) is 11.5 Å². The van der Waals surface area contributed by atoms with Gasteiger partial charge in [0.25, 0.3) is 0 Å². The molecule has 0 bridgehead atoms. The lowest BCUT2D eigenvalue weighted by molar-refractivity contribution is -0.120. The zero-order chi connectivity index (χ0) is 12.3. The van der Waals surface area contributed by atoms with Crippen LogP contribution in [0.15, 0.2) is 24.3 Å². The molecule has 0 saturated heterocycles. The molecule has 1 aromatic carbocycles. The maximum Gasteiger partial charge on any atom is 0.224 e. The van der Waals surface area contributed by atoms with Crippen LogP contribution in [0.4, 0.5) is 0 Å². The van der Waals surface area contributed by atoms with Crippen LogP contribution in [0.25, 0.3) is 5.70 Å². The van der Waals surface area contributed by atoms with Crippen molar-refractivity contribution in [2.45, 2.75) is 12.8 Å². The van der Waals surface area contributed by atoms with Gasteiger partial charge in [-0.05, 0) is 24.6 Å². The Morgan fingerprint density at radius 2 is 1.94 bits per heavy atom. The van der Waals surface area contributed by atoms with Gasteiger partial charge in [-0.1, -0.05) is 6.08 Å². The zero-order valence-electron chi connectivity index (χ0n) is 9.95. The van der Waals surface area contributed by atoms with Gasteiger partial charge >= 0.3 is 0 Å². The number of ether oxygens (including phenoxy) is 2. The molecule has 17 heavy (non-hydrogen) atoms. The van der Waals surface area contributed by atoms with Crippen LogP contribution in [-0.2, 0) is 4.79 Å². The third-order valence-corrected chi connectivity index (χ3v) is 2.69. The van der Waals surface area contributed by atoms with Crippen LogP contribution >= 0.6 is 0 Å². The first-order valence-corrected chi connectivity index (χ1v) is 5.47. The number of allylic oxidation sites excluding steroid dienone is 1. The van der Waals surface area contributed by atoms with Crippen molar-refractivity contribution < 1.29 is 14.3 Å². The smallest absolute Gasteiger partial charge is 0.224 e. The number of hydrogen-bond donors (Lipinski definition) is 1. The topological polar surface area (TPSA) is 47.6 Å². The molecular weight excluding hydrogens is 218 g/mol. The molecule has 0 radical (unpaired) electrons. The monoisotopic (exact) mass is 233 g/mol. The average molecular weight is 233 g/mol. The zero-order valence-corrected chi connectivity index (χ0v) is 9.95. The van der Waals surface area contributed by atoms with Crippen molar-refractivity contribution >= 4 is 11.6 Å². The van der Waals surface area contributed by atoms with Crippen molar-refractivity contribution in [1.29, 1.82) is 0 Å². The summed E-state index contributed by atoms with van der Waals surface area (Å²) in [5.74, 6) is 1.39. The van der Waals surface area contributed by atoms with Gasteiger partial charge in [-0.25, -0.2) is 0 Å². The van der Waals surface area contributed by atoms with Gasteiger partial charge in [-0.3, -0.25) is 4.79 Å². The van der Waals surface area contributed by atoms with Gasteiger partial charge in [-0.15, -0.1) is 0 Å². The van der Waals surface area contributed by atoms with E-state index in [2.05, 4.69) is 5.32 Å². The third kappa shape index (κ3) is 2.41. The van der Waals surface area contributed by atoms with Gasteiger partial charge in [0, 0.05) is 17.7 Å². The van der Waals surface area contributed by atoms with E-state index in [0.717, 1.165) is 17.7 Å². The van der Waals surface area contributed by atoms with Gasteiger partial charge in [0.2, 0.25) is 5.91 Å². The Balaban J connectivity index is 2.33. The molecule has 0 aromatic heterocycles. The Hall–Kier alpha value is -1.97. The summed E-state index contributed by atoms with van der Waals surface area (Å²) in [5.41, 5.74) is 1.76. The summed E-state index contributed by atoms with van der Waals surface area (Å²) in [4.78, 5) is 11.3. The highest BCUT2D eigenvalue weighted by molar-refractivity contribution is 5.89. The molecule has 0 spiro atoms. The van der Waals surface area contributed by atoms with Crippen LogP contribution in [0, 0.1) is 0 Å². The van der Waals surface area contributed by atoms with E-state index in [1.54, 1.807) is 14.2 Å². The second-order valence-corrected chi connectivity index (χ2v) is 3.77. The lowest BCUT2D eigenvalue weighted by Crippen LogP contribution is -2.24. The predicted molar refractivity (Wildman–Crippen MR) is 64.9 cm³/mol. The quantitative estimate of drug-likeness (QED) is 0.868. The second-order valence-electron chi connectivity index (χ2n) is 3.77. The van der Waals surface area contributed by atoms with Crippen LogP contribution in [-0.4, -0.2) is 20.1 Å². The first-order chi connectivity index (χ1) is 8.24. The van der Waals surface area contributed by atoms with Crippen LogP contribution in [0.3, 0.4) is 0 Å². The van der Waals surface area contributed by atoms with Crippen molar-refractivity contribution in [1.82, 2.24) is 5.32 Å². The summed E-state index contributed by atoms with van der Waals surface area (Å²) < 4.78 is 10.4. The molecule has 0 unspecified atom stereocenters. The molecular formula is C13H15NO3. The van der Waals surface area contributed by atoms with Crippen molar-refractivity contribution in [3.63, 3.8) is 0 Å². The Kier molecular flexibility index (Phi) is 3.32. The van der Waals surface area contributed by atoms with Gasteiger partial charge in [0.1, 0.15) is 0 Å². The number of carbonyl (C=O) groups excluding carboxylic acids is 1. The van der Waals surface area contributed by atoms with Crippen LogP contribution in [0.5, 0.6) is 11.5 Å². The minimum atomic E-state index is 0.0530. The second kappa shape index (κ2) is 4.91. The molecule has 90 valence electrons. The van der Waals surface area contributed by atoms with E-state index in [0.29, 0.717) is 17.9 Å². The number of amides is 1. The highest BCUT2D eigenvalue weighted by Gasteiger charge is 2.13. The molecule has 1 aliphatic heterocycles. The molecule has 1 aliphatic rings. The van der Waals surface area contributed by atoms with Crippen LogP contribution < -0.4 is 14.8 Å². The van der Waals surface area contributed by atoms with Gasteiger partial charge < -0.3 is 14.8 Å². The van der Waals surface area contributed by atoms with E-state index in [4.69, 9.17) is 9.47 Å². The number of rotatable bonds is 3. The number of hydrogen-bond acceptors (Lipinski definition) is 3. The van der Waals surface area contributed by atoms with Crippen LogP contribution in [0.1, 0.15) is 18.4 Å². The molecule has 0 aliphatic carbocycles. The highest BCUT2D eigenvalue weighted by Crippen LogP contribution is 2.30. The van der Waals surface area contributed by atoms with Crippen molar-refractivity contribution in [2.24, 2.45) is 0 Å². The predicted octanol–water partition coefficient (Wildman–Crippen LogP) is 1.95. The summed E-state index contributed by atoms with van der Waals surface area (Å²) in [5, 5.41) is 2.85. The summed E-state index contributed by atoms with van der Waals surface area (Å²) in [7, 11) is 3.19. The lowest BCUT2D eigenvalue weighted by Gasteiger charge is -2.16. The minimum Gasteiger partial charge on any atom is -0.493 e. The van der Waals surface area contributed by atoms with E-state index in [1.165, 1.54) is 0 Å². The Morgan fingerprint density at radius 1 is 1.18 bits per heavy atom. The molecule has 4 heteroatoms. The van der Waals surface area contributed by atoms with Crippen molar-refractivity contribution in [3.8, 4) is 11.5 Å². The first kappa shape index (κ1) is 11.5. The van der Waals surface area contributed by atoms with Crippen LogP contribution in [0.2, 0.25) is 0 Å². The number of nitrogens with one attached hydrogen (secondary N) is 1. The van der Waals surface area contributed by atoms with Gasteiger partial charge in [-0.2, -0.15) is 0 Å². The summed E-state index contributed by atoms with van der Waals surface area (Å²) in [6, 6.07) is 5.59. The number of methoxy groups -OCH3 is 2. The molecule has 1 N–H and O–H groups in total. The summed E-state index contributed by atoms with van der Waals surface area (Å²) >= 11 is 0. The summed E-state index contributed by atoms with van der Waals surface area (Å²) in [6.45, 7) is 0. The number of carbonyl (C=O) groups is 1. The van der Waals surface area contributed by atoms with Crippen molar-refractivity contribution in [3.05, 3.63) is 29.8 Å². The molecule has 1 amide bonds. The molecule has 0 fully saturated rings. The maximum atomic E-state index is 11.3. The Morgan fingerprint density at radius 3 is 2.59 bits per heavy atom. The van der Waals surface area contributed by atoms with E-state index in [9.17, 15) is 4.79 Å². The molecule has 2 rings (SSSR count). The third-order valence-electron chi connectivity index (χ3n) is 2.69. The fourth-order valence-corrected chi connectivity index (χ4v) is 1.81. The van der Waals surface area contributed by atoms with Gasteiger partial charge in [0.05, 0.1) is 14.2 Å². The van der Waals surface area contributed by atoms with E-state index in [-0.39, 0.29) is 5.91 Å². The average Bonchev–Trinajstić information content (AvgIpc) is 2.38. The fraction of sp³-hybridized carbons (Fsp3) is 0.308. The largest absolute Gasteiger partial charge is 0.493 e. The molecule has 4 nitrogen and oxygen atoms in total. The minimum absolute atomic E-state index is 0.0530. The maximum absolute atomic E-state index is 11.3. The Labute approximate surface area is 100 Å². The van der Waals surface area contributed by atoms with Crippen molar-refractivity contribution in [2.75, 3.05) is 14.2 Å². The first-order valence-electron chi connectivity index (χ1n) is 5.47. The number of benzene rings is 1. The molecule has 1 aromatic rings. The van der Waals surface area contributed by atoms with E-state index < -0.39 is 0 Å². The molecule has 0 atom stereocenters. The van der Waals surface area contributed by atoms with E-state index in [1.807, 2.05) is 24.3 Å². The summed E-state index contributed by atoms with van der Waals surface area (Å²) in [6.07, 6.45) is 3.34. The Bertz CT molecular complexity index is 466. The SMILES string of the molecule is COc1ccc(C2=CCCC(=O)N2)cc1OC. The molecule has 0 saturated carbocycles. The normalized spacial score (nSPS) is 14.9.